The van der Waals surface area contributed by atoms with Crippen molar-refractivity contribution < 1.29 is 28.9 Å². The van der Waals surface area contributed by atoms with Gasteiger partial charge < -0.3 is 25.1 Å². The lowest BCUT2D eigenvalue weighted by Crippen LogP contribution is -2.22. The molecule has 0 fully saturated rings. The number of phenols is 1. The number of benzene rings is 4. The molecule has 0 saturated carbocycles. The highest BCUT2D eigenvalue weighted by Crippen LogP contribution is 2.42. The van der Waals surface area contributed by atoms with E-state index in [-0.39, 0.29) is 39.4 Å². The molecule has 0 amide bonds. The second kappa shape index (κ2) is 9.23. The van der Waals surface area contributed by atoms with E-state index in [4.69, 9.17) is 19.9 Å². The van der Waals surface area contributed by atoms with Gasteiger partial charge in [0.2, 0.25) is 0 Å². The van der Waals surface area contributed by atoms with E-state index in [0.29, 0.717) is 24.7 Å². The normalized spacial score (nSPS) is 12.0. The summed E-state index contributed by atoms with van der Waals surface area (Å²) in [5, 5.41) is 10.6. The number of hydrogen-bond donors (Lipinski definition) is 2. The topological polar surface area (TPSA) is 108 Å². The number of rotatable bonds is 7. The van der Waals surface area contributed by atoms with Crippen LogP contribution in [0, 0.1) is 0 Å². The molecule has 3 N–H and O–H groups in total. The van der Waals surface area contributed by atoms with Crippen molar-refractivity contribution in [3.05, 3.63) is 107 Å². The SMILES string of the molecule is Nc1c(Oc2ccc(OCCOc3ccccc3)cc2)cc(O)c2c1C(=O)c1ccccc1C2=O. The number of hydrogen-bond acceptors (Lipinski definition) is 7. The number of carbonyl (C=O) groups is 2. The van der Waals surface area contributed by atoms with Gasteiger partial charge in [-0.25, -0.2) is 0 Å². The van der Waals surface area contributed by atoms with Gasteiger partial charge in [0, 0.05) is 17.2 Å². The molecular formula is C28H21NO6. The van der Waals surface area contributed by atoms with E-state index in [9.17, 15) is 14.7 Å². The van der Waals surface area contributed by atoms with Crippen molar-refractivity contribution in [2.75, 3.05) is 18.9 Å². The maximum absolute atomic E-state index is 13.1. The standard InChI is InChI=1S/C28H21NO6/c29-26-23(16-22(30)24-25(26)28(32)21-9-5-4-8-20(21)27(24)31)35-19-12-10-18(11-13-19)34-15-14-33-17-6-2-1-3-7-17/h1-13,16,30H,14-15,29H2. The van der Waals surface area contributed by atoms with Gasteiger partial charge in [-0.2, -0.15) is 0 Å². The first-order valence-electron chi connectivity index (χ1n) is 11.0. The number of nitrogen functional groups attached to an aromatic ring is 1. The van der Waals surface area contributed by atoms with E-state index >= 15 is 0 Å². The predicted molar refractivity (Wildman–Crippen MR) is 130 cm³/mol. The molecule has 1 aliphatic rings. The second-order valence-electron chi connectivity index (χ2n) is 7.84. The molecule has 0 radical (unpaired) electrons. The van der Waals surface area contributed by atoms with Crippen molar-refractivity contribution in [1.29, 1.82) is 0 Å². The number of aromatic hydroxyl groups is 1. The number of fused-ring (bicyclic) bond motifs is 2. The zero-order valence-electron chi connectivity index (χ0n) is 18.6. The fraction of sp³-hybridized carbons (Fsp3) is 0.0714. The van der Waals surface area contributed by atoms with Gasteiger partial charge in [-0.05, 0) is 36.4 Å². The summed E-state index contributed by atoms with van der Waals surface area (Å²) in [7, 11) is 0. The van der Waals surface area contributed by atoms with E-state index in [0.717, 1.165) is 5.75 Å². The highest BCUT2D eigenvalue weighted by molar-refractivity contribution is 6.31. The smallest absolute Gasteiger partial charge is 0.198 e. The summed E-state index contributed by atoms with van der Waals surface area (Å²) >= 11 is 0. The molecule has 4 aromatic rings. The Morgan fingerprint density at radius 3 is 1.80 bits per heavy atom. The van der Waals surface area contributed by atoms with Crippen LogP contribution in [-0.4, -0.2) is 29.9 Å². The lowest BCUT2D eigenvalue weighted by atomic mass is 9.82. The minimum Gasteiger partial charge on any atom is -0.507 e. The summed E-state index contributed by atoms with van der Waals surface area (Å²) in [5.41, 5.74) is 6.54. The zero-order valence-corrected chi connectivity index (χ0v) is 18.6. The second-order valence-corrected chi connectivity index (χ2v) is 7.84. The largest absolute Gasteiger partial charge is 0.507 e. The molecule has 0 unspecified atom stereocenters. The van der Waals surface area contributed by atoms with Crippen LogP contribution in [0.5, 0.6) is 28.7 Å². The number of ketones is 2. The molecule has 7 heteroatoms. The number of phenolic OH excluding ortho intramolecular Hbond substituents is 1. The van der Waals surface area contributed by atoms with Gasteiger partial charge in [0.1, 0.15) is 36.2 Å². The highest BCUT2D eigenvalue weighted by Gasteiger charge is 2.35. The molecule has 0 aromatic heterocycles. The van der Waals surface area contributed by atoms with E-state index in [1.54, 1.807) is 48.5 Å². The number of anilines is 1. The average Bonchev–Trinajstić information content (AvgIpc) is 2.88. The van der Waals surface area contributed by atoms with Crippen molar-refractivity contribution in [2.24, 2.45) is 0 Å². The Kier molecular flexibility index (Phi) is 5.81. The van der Waals surface area contributed by atoms with Crippen LogP contribution in [0.1, 0.15) is 31.8 Å². The molecule has 4 aromatic carbocycles. The fourth-order valence-electron chi connectivity index (χ4n) is 3.93. The Hall–Kier alpha value is -4.78. The first kappa shape index (κ1) is 22.0. The zero-order chi connectivity index (χ0) is 24.4. The number of carbonyl (C=O) groups excluding carboxylic acids is 2. The van der Waals surface area contributed by atoms with Crippen LogP contribution in [0.25, 0.3) is 0 Å². The van der Waals surface area contributed by atoms with Crippen molar-refractivity contribution >= 4 is 17.3 Å². The Morgan fingerprint density at radius 2 is 1.17 bits per heavy atom. The van der Waals surface area contributed by atoms with Crippen LogP contribution in [0.3, 0.4) is 0 Å². The van der Waals surface area contributed by atoms with E-state index in [1.807, 2.05) is 30.3 Å². The molecular weight excluding hydrogens is 446 g/mol. The average molecular weight is 467 g/mol. The molecule has 1 aliphatic carbocycles. The molecule has 0 spiro atoms. The summed E-state index contributed by atoms with van der Waals surface area (Å²) < 4.78 is 17.1. The van der Waals surface area contributed by atoms with Gasteiger partial charge in [-0.1, -0.05) is 42.5 Å². The molecule has 0 saturated heterocycles. The maximum atomic E-state index is 13.1. The van der Waals surface area contributed by atoms with Crippen molar-refractivity contribution in [3.63, 3.8) is 0 Å². The van der Waals surface area contributed by atoms with Crippen molar-refractivity contribution in [2.45, 2.75) is 0 Å². The predicted octanol–water partition coefficient (Wildman–Crippen LogP) is 5.00. The number of ether oxygens (including phenoxy) is 3. The molecule has 0 atom stereocenters. The molecule has 35 heavy (non-hydrogen) atoms. The molecule has 0 bridgehead atoms. The Labute approximate surface area is 201 Å². The summed E-state index contributed by atoms with van der Waals surface area (Å²) in [5.74, 6) is 0.627. The van der Waals surface area contributed by atoms with E-state index in [2.05, 4.69) is 0 Å². The molecule has 5 rings (SSSR count). The Bertz CT molecular complexity index is 1410. The van der Waals surface area contributed by atoms with Crippen LogP contribution in [0.2, 0.25) is 0 Å². The third-order valence-corrected chi connectivity index (χ3v) is 5.59. The number of nitrogens with two attached hydrogens (primary N) is 1. The Morgan fingerprint density at radius 1 is 0.657 bits per heavy atom. The number of para-hydroxylation sites is 1. The van der Waals surface area contributed by atoms with Gasteiger partial charge in [-0.3, -0.25) is 9.59 Å². The minimum atomic E-state index is -0.455. The third-order valence-electron chi connectivity index (χ3n) is 5.59. The Balaban J connectivity index is 1.30. The van der Waals surface area contributed by atoms with Crippen LogP contribution in [0.4, 0.5) is 5.69 Å². The lowest BCUT2D eigenvalue weighted by Gasteiger charge is -2.21. The van der Waals surface area contributed by atoms with Crippen molar-refractivity contribution in [1.82, 2.24) is 0 Å². The monoisotopic (exact) mass is 467 g/mol. The van der Waals surface area contributed by atoms with Crippen LogP contribution < -0.4 is 19.9 Å². The summed E-state index contributed by atoms with van der Waals surface area (Å²) in [6, 6.07) is 23.9. The van der Waals surface area contributed by atoms with Gasteiger partial charge in [0.05, 0.1) is 16.8 Å². The molecule has 174 valence electrons. The summed E-state index contributed by atoms with van der Waals surface area (Å²) in [6.07, 6.45) is 0. The van der Waals surface area contributed by atoms with E-state index in [1.165, 1.54) is 6.07 Å². The van der Waals surface area contributed by atoms with Gasteiger partial charge in [0.25, 0.3) is 0 Å². The highest BCUT2D eigenvalue weighted by atomic mass is 16.5. The molecule has 0 heterocycles. The summed E-state index contributed by atoms with van der Waals surface area (Å²) in [4.78, 5) is 26.0. The quantitative estimate of drug-likeness (QED) is 0.197. The molecule has 0 aliphatic heterocycles. The first-order chi connectivity index (χ1) is 17.0. The lowest BCUT2D eigenvalue weighted by molar-refractivity contribution is 0.0977. The van der Waals surface area contributed by atoms with Crippen LogP contribution in [-0.2, 0) is 0 Å². The maximum Gasteiger partial charge on any atom is 0.198 e. The molecule has 7 nitrogen and oxygen atoms in total. The first-order valence-corrected chi connectivity index (χ1v) is 11.0. The van der Waals surface area contributed by atoms with Gasteiger partial charge >= 0.3 is 0 Å². The van der Waals surface area contributed by atoms with Crippen LogP contribution >= 0.6 is 0 Å². The van der Waals surface area contributed by atoms with E-state index < -0.39 is 11.6 Å². The minimum absolute atomic E-state index is 0.0101. The van der Waals surface area contributed by atoms with Crippen molar-refractivity contribution in [3.8, 4) is 28.7 Å². The fourth-order valence-corrected chi connectivity index (χ4v) is 3.93. The van der Waals surface area contributed by atoms with Crippen LogP contribution in [0.15, 0.2) is 84.9 Å². The summed E-state index contributed by atoms with van der Waals surface area (Å²) in [6.45, 7) is 0.751. The van der Waals surface area contributed by atoms with Gasteiger partial charge in [0.15, 0.2) is 17.3 Å². The van der Waals surface area contributed by atoms with Gasteiger partial charge in [-0.15, -0.1) is 0 Å². The third kappa shape index (κ3) is 4.27.